The number of thiophene rings is 1. The third-order valence-corrected chi connectivity index (χ3v) is 8.95. The van der Waals surface area contributed by atoms with Gasteiger partial charge in [0.15, 0.2) is 0 Å². The second-order valence-corrected chi connectivity index (χ2v) is 11.2. The number of hydrogen-bond donors (Lipinski definition) is 0. The van der Waals surface area contributed by atoms with Gasteiger partial charge < -0.3 is 14.4 Å². The van der Waals surface area contributed by atoms with Gasteiger partial charge in [-0.25, -0.2) is 4.39 Å². The monoisotopic (exact) mass is 501 g/mol. The predicted molar refractivity (Wildman–Crippen MR) is 144 cm³/mol. The van der Waals surface area contributed by atoms with Crippen LogP contribution in [0.4, 0.5) is 4.39 Å². The molecule has 2 aromatic carbocycles. The first-order valence-electron chi connectivity index (χ1n) is 12.9. The normalized spacial score (nSPS) is 21.4. The Balaban J connectivity index is 1.17. The number of fused-ring (bicyclic) bond motifs is 1. The third kappa shape index (κ3) is 4.48. The molecule has 36 heavy (non-hydrogen) atoms. The van der Waals surface area contributed by atoms with E-state index in [1.165, 1.54) is 11.1 Å². The molecule has 0 spiro atoms. The summed E-state index contributed by atoms with van der Waals surface area (Å²) in [5.41, 5.74) is 4.42. The van der Waals surface area contributed by atoms with Gasteiger partial charge in [0.1, 0.15) is 5.82 Å². The maximum Gasteiger partial charge on any atom is 0.256 e. The summed E-state index contributed by atoms with van der Waals surface area (Å²) in [6.07, 6.45) is 4.22. The van der Waals surface area contributed by atoms with Crippen LogP contribution in [-0.4, -0.2) is 53.0 Å². The van der Waals surface area contributed by atoms with Gasteiger partial charge in [-0.05, 0) is 90.0 Å². The molecule has 4 heterocycles. The minimum Gasteiger partial charge on any atom is -0.350 e. The van der Waals surface area contributed by atoms with Crippen LogP contribution >= 0.6 is 11.3 Å². The van der Waals surface area contributed by atoms with E-state index < -0.39 is 0 Å². The molecule has 2 saturated heterocycles. The van der Waals surface area contributed by atoms with Crippen molar-refractivity contribution in [1.82, 2.24) is 14.4 Å². The Morgan fingerprint density at radius 2 is 1.81 bits per heavy atom. The summed E-state index contributed by atoms with van der Waals surface area (Å²) in [7, 11) is 2.01. The number of carbonyl (C=O) groups excluding carboxylic acids is 1. The Labute approximate surface area is 216 Å². The highest BCUT2D eigenvalue weighted by atomic mass is 32.1. The molecule has 2 aromatic heterocycles. The molecule has 4 nitrogen and oxygen atoms in total. The molecule has 0 N–H and O–H groups in total. The summed E-state index contributed by atoms with van der Waals surface area (Å²) >= 11 is 1.74. The highest BCUT2D eigenvalue weighted by Gasteiger charge is 2.38. The first kappa shape index (κ1) is 23.4. The van der Waals surface area contributed by atoms with E-state index in [0.717, 1.165) is 62.0 Å². The van der Waals surface area contributed by atoms with Gasteiger partial charge in [0.25, 0.3) is 5.91 Å². The molecule has 6 rings (SSSR count). The smallest absolute Gasteiger partial charge is 0.256 e. The van der Waals surface area contributed by atoms with Crippen molar-refractivity contribution in [3.8, 4) is 0 Å². The van der Waals surface area contributed by atoms with E-state index in [0.29, 0.717) is 17.8 Å². The Morgan fingerprint density at radius 1 is 1.00 bits per heavy atom. The van der Waals surface area contributed by atoms with Crippen LogP contribution in [0.2, 0.25) is 0 Å². The number of benzene rings is 2. The lowest BCUT2D eigenvalue weighted by molar-refractivity contribution is 0.0783. The molecule has 0 bridgehead atoms. The first-order valence-corrected chi connectivity index (χ1v) is 13.8. The molecule has 186 valence electrons. The number of carbonyl (C=O) groups is 1. The second-order valence-electron chi connectivity index (χ2n) is 10.4. The minimum absolute atomic E-state index is 0.139. The van der Waals surface area contributed by atoms with E-state index in [1.54, 1.807) is 23.5 Å². The van der Waals surface area contributed by atoms with Crippen molar-refractivity contribution in [2.45, 2.75) is 24.7 Å². The van der Waals surface area contributed by atoms with E-state index in [4.69, 9.17) is 0 Å². The fourth-order valence-corrected chi connectivity index (χ4v) is 7.02. The maximum atomic E-state index is 13.8. The zero-order valence-electron chi connectivity index (χ0n) is 20.6. The van der Waals surface area contributed by atoms with Crippen LogP contribution in [-0.2, 0) is 7.05 Å². The average molecular weight is 502 g/mol. The standard InChI is InChI=1S/C30H32FN3OS/c1-32-13-9-23-3-2-4-27(29(23)32)30(35)34-18-25(28(19-34)24-12-16-36-20-24)17-33-14-10-22(11-15-33)21-5-7-26(31)8-6-21/h2-9,12-13,16,20,22,25,28H,10-11,14-15,17-19H2,1H3/t25?,28-/m0/s1. The number of para-hydroxylation sites is 1. The molecule has 1 amide bonds. The van der Waals surface area contributed by atoms with Gasteiger partial charge in [-0.1, -0.05) is 24.3 Å². The van der Waals surface area contributed by atoms with Gasteiger partial charge in [-0.15, -0.1) is 0 Å². The Hall–Kier alpha value is -2.96. The van der Waals surface area contributed by atoms with Crippen molar-refractivity contribution in [1.29, 1.82) is 0 Å². The molecule has 4 aromatic rings. The topological polar surface area (TPSA) is 28.5 Å². The summed E-state index contributed by atoms with van der Waals surface area (Å²) in [6.45, 7) is 4.66. The summed E-state index contributed by atoms with van der Waals surface area (Å²) in [5.74, 6) is 1.25. The number of piperidine rings is 1. The van der Waals surface area contributed by atoms with Crippen molar-refractivity contribution < 1.29 is 9.18 Å². The van der Waals surface area contributed by atoms with Crippen LogP contribution in [0.3, 0.4) is 0 Å². The van der Waals surface area contributed by atoms with Gasteiger partial charge in [0, 0.05) is 44.2 Å². The SMILES string of the molecule is Cn1ccc2cccc(C(=O)N3CC(CN4CCC(c5ccc(F)cc5)CC4)[C@H](c4ccsc4)C3)c21. The molecular formula is C30H32FN3OS. The number of amides is 1. The van der Waals surface area contributed by atoms with Crippen molar-refractivity contribution >= 4 is 28.1 Å². The van der Waals surface area contributed by atoms with E-state index in [9.17, 15) is 9.18 Å². The van der Waals surface area contributed by atoms with Crippen LogP contribution in [0.15, 0.2) is 71.6 Å². The summed E-state index contributed by atoms with van der Waals surface area (Å²) < 4.78 is 15.4. The number of aryl methyl sites for hydroxylation is 1. The average Bonchev–Trinajstić information content (AvgIpc) is 3.65. The lowest BCUT2D eigenvalue weighted by atomic mass is 9.87. The lowest BCUT2D eigenvalue weighted by Gasteiger charge is -2.34. The fourth-order valence-electron chi connectivity index (χ4n) is 6.30. The van der Waals surface area contributed by atoms with Crippen LogP contribution in [0.25, 0.3) is 10.9 Å². The minimum atomic E-state index is -0.167. The first-order chi connectivity index (χ1) is 17.6. The molecule has 2 fully saturated rings. The number of rotatable bonds is 5. The number of aromatic nitrogens is 1. The molecule has 1 unspecified atom stereocenters. The largest absolute Gasteiger partial charge is 0.350 e. The van der Waals surface area contributed by atoms with Gasteiger partial charge in [0.05, 0.1) is 11.1 Å². The van der Waals surface area contributed by atoms with Crippen molar-refractivity contribution in [2.24, 2.45) is 13.0 Å². The van der Waals surface area contributed by atoms with Gasteiger partial charge in [-0.3, -0.25) is 4.79 Å². The van der Waals surface area contributed by atoms with Crippen molar-refractivity contribution in [3.05, 3.63) is 94.1 Å². The molecule has 6 heteroatoms. The summed E-state index contributed by atoms with van der Waals surface area (Å²) in [5, 5.41) is 5.51. The molecule has 0 saturated carbocycles. The highest BCUT2D eigenvalue weighted by Crippen LogP contribution is 2.37. The molecule has 2 aliphatic heterocycles. The van der Waals surface area contributed by atoms with Gasteiger partial charge >= 0.3 is 0 Å². The van der Waals surface area contributed by atoms with E-state index >= 15 is 0 Å². The number of halogens is 1. The number of hydrogen-bond acceptors (Lipinski definition) is 3. The van der Waals surface area contributed by atoms with Gasteiger partial charge in [0.2, 0.25) is 0 Å². The van der Waals surface area contributed by atoms with Crippen molar-refractivity contribution in [2.75, 3.05) is 32.7 Å². The number of likely N-dealkylation sites (tertiary alicyclic amines) is 2. The summed E-state index contributed by atoms with van der Waals surface area (Å²) in [6, 6.07) is 17.4. The fraction of sp³-hybridized carbons (Fsp3) is 0.367. The number of nitrogens with zero attached hydrogens (tertiary/aromatic N) is 3. The summed E-state index contributed by atoms with van der Waals surface area (Å²) in [4.78, 5) is 18.4. The lowest BCUT2D eigenvalue weighted by Crippen LogP contribution is -2.38. The molecule has 2 aliphatic rings. The van der Waals surface area contributed by atoms with Crippen LogP contribution in [0.1, 0.15) is 46.2 Å². The van der Waals surface area contributed by atoms with Crippen molar-refractivity contribution in [3.63, 3.8) is 0 Å². The third-order valence-electron chi connectivity index (χ3n) is 8.25. The van der Waals surface area contributed by atoms with E-state index in [1.807, 2.05) is 37.5 Å². The van der Waals surface area contributed by atoms with Gasteiger partial charge in [-0.2, -0.15) is 11.3 Å². The molecular weight excluding hydrogens is 469 g/mol. The quantitative estimate of drug-likeness (QED) is 0.330. The van der Waals surface area contributed by atoms with Crippen LogP contribution in [0.5, 0.6) is 0 Å². The maximum absolute atomic E-state index is 13.8. The zero-order valence-corrected chi connectivity index (χ0v) is 21.5. The Morgan fingerprint density at radius 3 is 2.56 bits per heavy atom. The Bertz CT molecular complexity index is 1340. The predicted octanol–water partition coefficient (Wildman–Crippen LogP) is 6.11. The van der Waals surface area contributed by atoms with E-state index in [2.05, 4.69) is 43.3 Å². The Kier molecular flexibility index (Phi) is 6.40. The molecule has 0 radical (unpaired) electrons. The molecule has 0 aliphatic carbocycles. The van der Waals surface area contributed by atoms with E-state index in [-0.39, 0.29) is 11.7 Å². The van der Waals surface area contributed by atoms with Crippen LogP contribution < -0.4 is 0 Å². The zero-order chi connectivity index (χ0) is 24.6. The second kappa shape index (κ2) is 9.83. The van der Waals surface area contributed by atoms with Crippen LogP contribution in [0, 0.1) is 11.7 Å². The molecule has 2 atom stereocenters. The highest BCUT2D eigenvalue weighted by molar-refractivity contribution is 7.08.